The SMILES string of the molecule is Cc1ncsc1CNS(=O)(=O)c1csc(CNC2CC2)c1. The van der Waals surface area contributed by atoms with Crippen LogP contribution in [0.1, 0.15) is 28.3 Å². The summed E-state index contributed by atoms with van der Waals surface area (Å²) in [5, 5.41) is 5.09. The molecule has 0 amide bonds. The third kappa shape index (κ3) is 3.89. The molecule has 8 heteroatoms. The second kappa shape index (κ2) is 6.13. The third-order valence-corrected chi connectivity index (χ3v) is 6.75. The van der Waals surface area contributed by atoms with E-state index < -0.39 is 10.0 Å². The highest BCUT2D eigenvalue weighted by atomic mass is 32.2. The van der Waals surface area contributed by atoms with Crippen molar-refractivity contribution in [1.29, 1.82) is 0 Å². The van der Waals surface area contributed by atoms with Gasteiger partial charge in [-0.15, -0.1) is 22.7 Å². The smallest absolute Gasteiger partial charge is 0.241 e. The molecular weight excluding hydrogens is 326 g/mol. The van der Waals surface area contributed by atoms with E-state index in [1.165, 1.54) is 35.5 Å². The van der Waals surface area contributed by atoms with Gasteiger partial charge in [0.05, 0.1) is 16.1 Å². The van der Waals surface area contributed by atoms with Crippen LogP contribution in [-0.2, 0) is 23.1 Å². The van der Waals surface area contributed by atoms with Gasteiger partial charge in [0, 0.05) is 34.3 Å². The van der Waals surface area contributed by atoms with Crippen molar-refractivity contribution in [3.05, 3.63) is 32.4 Å². The number of hydrogen-bond donors (Lipinski definition) is 2. The number of nitrogens with zero attached hydrogens (tertiary/aromatic N) is 1. The molecule has 2 aromatic rings. The fourth-order valence-corrected chi connectivity index (χ4v) is 4.90. The van der Waals surface area contributed by atoms with Crippen molar-refractivity contribution < 1.29 is 8.42 Å². The molecule has 1 aliphatic carbocycles. The molecule has 21 heavy (non-hydrogen) atoms. The molecule has 2 N–H and O–H groups in total. The quantitative estimate of drug-likeness (QED) is 0.809. The molecule has 1 saturated carbocycles. The largest absolute Gasteiger partial charge is 0.309 e. The van der Waals surface area contributed by atoms with Crippen molar-refractivity contribution in [2.75, 3.05) is 0 Å². The number of thiazole rings is 1. The maximum absolute atomic E-state index is 12.3. The van der Waals surface area contributed by atoms with Gasteiger partial charge in [-0.2, -0.15) is 0 Å². The Hall–Kier alpha value is -0.800. The summed E-state index contributed by atoms with van der Waals surface area (Å²) >= 11 is 2.94. The van der Waals surface area contributed by atoms with E-state index >= 15 is 0 Å². The number of aryl methyl sites for hydroxylation is 1. The standard InChI is InChI=1S/C13H17N3O2S3/c1-9-13(20-8-15-9)6-16-21(17,18)12-4-11(19-7-12)5-14-10-2-3-10/h4,7-8,10,14,16H,2-3,5-6H2,1H3. The van der Waals surface area contributed by atoms with Crippen LogP contribution in [0.5, 0.6) is 0 Å². The second-order valence-corrected chi connectivity index (χ2v) is 8.79. The van der Waals surface area contributed by atoms with Crippen molar-refractivity contribution >= 4 is 32.7 Å². The predicted octanol–water partition coefficient (Wildman–Crippen LogP) is 2.24. The highest BCUT2D eigenvalue weighted by Crippen LogP contribution is 2.23. The Morgan fingerprint density at radius 3 is 2.81 bits per heavy atom. The number of aromatic nitrogens is 1. The molecule has 114 valence electrons. The molecule has 0 radical (unpaired) electrons. The summed E-state index contributed by atoms with van der Waals surface area (Å²) in [5.41, 5.74) is 2.60. The van der Waals surface area contributed by atoms with Crippen LogP contribution in [0, 0.1) is 6.92 Å². The Morgan fingerprint density at radius 2 is 2.14 bits per heavy atom. The van der Waals surface area contributed by atoms with Crippen LogP contribution in [0.4, 0.5) is 0 Å². The average molecular weight is 343 g/mol. The minimum absolute atomic E-state index is 0.296. The highest BCUT2D eigenvalue weighted by Gasteiger charge is 2.21. The van der Waals surface area contributed by atoms with E-state index in [1.54, 1.807) is 17.0 Å². The normalized spacial score (nSPS) is 15.5. The summed E-state index contributed by atoms with van der Waals surface area (Å²) in [6, 6.07) is 2.38. The first-order valence-electron chi connectivity index (χ1n) is 6.74. The molecule has 0 aromatic carbocycles. The summed E-state index contributed by atoms with van der Waals surface area (Å²) < 4.78 is 27.2. The molecule has 0 atom stereocenters. The monoisotopic (exact) mass is 343 g/mol. The van der Waals surface area contributed by atoms with E-state index in [0.717, 1.165) is 22.0 Å². The van der Waals surface area contributed by atoms with E-state index in [2.05, 4.69) is 15.0 Å². The van der Waals surface area contributed by atoms with Crippen LogP contribution in [-0.4, -0.2) is 19.4 Å². The number of rotatable bonds is 7. The van der Waals surface area contributed by atoms with Crippen molar-refractivity contribution in [3.63, 3.8) is 0 Å². The van der Waals surface area contributed by atoms with Crippen LogP contribution in [0.3, 0.4) is 0 Å². The number of hydrogen-bond acceptors (Lipinski definition) is 6. The molecule has 0 bridgehead atoms. The topological polar surface area (TPSA) is 71.1 Å². The fraction of sp³-hybridized carbons (Fsp3) is 0.462. The van der Waals surface area contributed by atoms with Gasteiger partial charge in [0.2, 0.25) is 10.0 Å². The van der Waals surface area contributed by atoms with Gasteiger partial charge in [-0.1, -0.05) is 0 Å². The van der Waals surface area contributed by atoms with Gasteiger partial charge in [0.15, 0.2) is 0 Å². The second-order valence-electron chi connectivity index (χ2n) is 5.09. The zero-order chi connectivity index (χ0) is 14.9. The Kier molecular flexibility index (Phi) is 4.41. The van der Waals surface area contributed by atoms with E-state index in [0.29, 0.717) is 17.5 Å². The molecule has 3 rings (SSSR count). The van der Waals surface area contributed by atoms with Crippen LogP contribution < -0.4 is 10.0 Å². The molecule has 2 aromatic heterocycles. The highest BCUT2D eigenvalue weighted by molar-refractivity contribution is 7.89. The molecule has 0 unspecified atom stereocenters. The van der Waals surface area contributed by atoms with E-state index in [9.17, 15) is 8.42 Å². The first kappa shape index (κ1) is 15.1. The summed E-state index contributed by atoms with van der Waals surface area (Å²) in [5.74, 6) is 0. The summed E-state index contributed by atoms with van der Waals surface area (Å²) in [6.45, 7) is 2.93. The summed E-state index contributed by atoms with van der Waals surface area (Å²) in [7, 11) is -3.44. The van der Waals surface area contributed by atoms with Gasteiger partial charge in [0.1, 0.15) is 0 Å². The first-order chi connectivity index (χ1) is 10.0. The number of nitrogens with one attached hydrogen (secondary N) is 2. The molecule has 1 fully saturated rings. The van der Waals surface area contributed by atoms with Gasteiger partial charge in [-0.3, -0.25) is 0 Å². The molecule has 0 spiro atoms. The minimum Gasteiger partial charge on any atom is -0.309 e. The molecule has 2 heterocycles. The van der Waals surface area contributed by atoms with Crippen LogP contribution in [0.2, 0.25) is 0 Å². The Labute approximate surface area is 132 Å². The molecule has 1 aliphatic rings. The lowest BCUT2D eigenvalue weighted by atomic mass is 10.4. The van der Waals surface area contributed by atoms with Gasteiger partial charge in [0.25, 0.3) is 0 Å². The maximum atomic E-state index is 12.3. The lowest BCUT2D eigenvalue weighted by Gasteiger charge is -2.04. The molecule has 0 saturated heterocycles. The number of sulfonamides is 1. The Bertz CT molecular complexity index is 717. The third-order valence-electron chi connectivity index (χ3n) is 3.35. The van der Waals surface area contributed by atoms with Gasteiger partial charge in [-0.25, -0.2) is 18.1 Å². The maximum Gasteiger partial charge on any atom is 0.241 e. The van der Waals surface area contributed by atoms with Crippen molar-refractivity contribution in [3.8, 4) is 0 Å². The first-order valence-corrected chi connectivity index (χ1v) is 9.98. The van der Waals surface area contributed by atoms with Crippen LogP contribution >= 0.6 is 22.7 Å². The Morgan fingerprint density at radius 1 is 1.33 bits per heavy atom. The van der Waals surface area contributed by atoms with E-state index in [-0.39, 0.29) is 0 Å². The van der Waals surface area contributed by atoms with Crippen molar-refractivity contribution in [2.45, 2.75) is 43.8 Å². The van der Waals surface area contributed by atoms with Crippen molar-refractivity contribution in [2.24, 2.45) is 0 Å². The number of thiophene rings is 1. The van der Waals surface area contributed by atoms with E-state index in [1.807, 2.05) is 6.92 Å². The zero-order valence-corrected chi connectivity index (χ0v) is 14.1. The molecule has 5 nitrogen and oxygen atoms in total. The minimum atomic E-state index is -3.44. The van der Waals surface area contributed by atoms with Gasteiger partial charge < -0.3 is 5.32 Å². The lowest BCUT2D eigenvalue weighted by molar-refractivity contribution is 0.582. The van der Waals surface area contributed by atoms with Gasteiger partial charge >= 0.3 is 0 Å². The molecule has 0 aliphatic heterocycles. The lowest BCUT2D eigenvalue weighted by Crippen LogP contribution is -2.22. The Balaban J connectivity index is 1.62. The summed E-state index contributed by atoms with van der Waals surface area (Å²) in [4.78, 5) is 6.47. The van der Waals surface area contributed by atoms with Crippen LogP contribution in [0.25, 0.3) is 0 Å². The van der Waals surface area contributed by atoms with Gasteiger partial charge in [-0.05, 0) is 25.8 Å². The van der Waals surface area contributed by atoms with Crippen molar-refractivity contribution in [1.82, 2.24) is 15.0 Å². The predicted molar refractivity (Wildman–Crippen MR) is 85.1 cm³/mol. The zero-order valence-electron chi connectivity index (χ0n) is 11.6. The van der Waals surface area contributed by atoms with E-state index in [4.69, 9.17) is 0 Å². The summed E-state index contributed by atoms with van der Waals surface area (Å²) in [6.07, 6.45) is 2.46. The van der Waals surface area contributed by atoms with Crippen LogP contribution in [0.15, 0.2) is 21.9 Å². The molecular formula is C13H17N3O2S3. The average Bonchev–Trinajstić information content (AvgIpc) is 2.98. The fourth-order valence-electron chi connectivity index (χ4n) is 1.87.